The molecule has 0 aliphatic rings. The maximum Gasteiger partial charge on any atom is 0.573 e. The lowest BCUT2D eigenvalue weighted by atomic mass is 10.1. The lowest BCUT2D eigenvalue weighted by Crippen LogP contribution is -2.16. The number of rotatable bonds is 5. The highest BCUT2D eigenvalue weighted by molar-refractivity contribution is 5.69. The third-order valence-corrected chi connectivity index (χ3v) is 4.00. The summed E-state index contributed by atoms with van der Waals surface area (Å²) in [5.74, 6) is 0.657. The van der Waals surface area contributed by atoms with Gasteiger partial charge in [-0.05, 0) is 48.5 Å². The summed E-state index contributed by atoms with van der Waals surface area (Å²) < 4.78 is 40.9. The minimum absolute atomic E-state index is 0.300. The predicted octanol–water partition coefficient (Wildman–Crippen LogP) is 5.24. The fourth-order valence-electron chi connectivity index (χ4n) is 2.70. The third kappa shape index (κ3) is 4.88. The van der Waals surface area contributed by atoms with Crippen LogP contribution in [-0.4, -0.2) is 26.3 Å². The second-order valence-electron chi connectivity index (χ2n) is 6.13. The first kappa shape index (κ1) is 19.3. The van der Waals surface area contributed by atoms with Gasteiger partial charge < -0.3 is 10.1 Å². The van der Waals surface area contributed by atoms with Gasteiger partial charge in [0.2, 0.25) is 0 Å². The highest BCUT2D eigenvalue weighted by atomic mass is 19.4. The van der Waals surface area contributed by atoms with E-state index in [1.54, 1.807) is 43.0 Å². The van der Waals surface area contributed by atoms with Crippen LogP contribution in [-0.2, 0) is 0 Å². The van der Waals surface area contributed by atoms with Crippen LogP contribution >= 0.6 is 0 Å². The minimum Gasteiger partial charge on any atom is -0.406 e. The van der Waals surface area contributed by atoms with E-state index >= 15 is 0 Å². The number of alkyl halides is 3. The van der Waals surface area contributed by atoms with Crippen molar-refractivity contribution in [3.8, 4) is 28.4 Å². The zero-order chi connectivity index (χ0) is 21.0. The van der Waals surface area contributed by atoms with E-state index in [-0.39, 0.29) is 5.75 Å². The summed E-state index contributed by atoms with van der Waals surface area (Å²) in [4.78, 5) is 17.2. The molecule has 0 saturated heterocycles. The summed E-state index contributed by atoms with van der Waals surface area (Å²) in [7, 11) is 0. The van der Waals surface area contributed by atoms with Crippen LogP contribution in [0.3, 0.4) is 0 Å². The van der Waals surface area contributed by atoms with E-state index in [2.05, 4.69) is 30.0 Å². The first-order valence-electron chi connectivity index (χ1n) is 8.79. The number of benzene rings is 1. The molecule has 0 saturated carbocycles. The lowest BCUT2D eigenvalue weighted by Gasteiger charge is -2.12. The fraction of sp³-hybridized carbons (Fsp3) is 0.0476. The smallest absolute Gasteiger partial charge is 0.406 e. The summed E-state index contributed by atoms with van der Waals surface area (Å²) in [6, 6.07) is 14.4. The maximum atomic E-state index is 12.3. The van der Waals surface area contributed by atoms with Crippen LogP contribution in [0, 0.1) is 0 Å². The molecule has 150 valence electrons. The van der Waals surface area contributed by atoms with E-state index < -0.39 is 6.36 Å². The molecule has 0 unspecified atom stereocenters. The van der Waals surface area contributed by atoms with Crippen molar-refractivity contribution in [3.63, 3.8) is 0 Å². The molecule has 0 aliphatic heterocycles. The van der Waals surface area contributed by atoms with E-state index in [0.717, 1.165) is 11.1 Å². The third-order valence-electron chi connectivity index (χ3n) is 4.00. The van der Waals surface area contributed by atoms with Crippen molar-refractivity contribution in [1.82, 2.24) is 19.9 Å². The fourth-order valence-corrected chi connectivity index (χ4v) is 2.70. The van der Waals surface area contributed by atoms with Gasteiger partial charge in [-0.2, -0.15) is 0 Å². The molecule has 0 atom stereocenters. The minimum atomic E-state index is -4.74. The summed E-state index contributed by atoms with van der Waals surface area (Å²) in [6.07, 6.45) is 1.88. The summed E-state index contributed by atoms with van der Waals surface area (Å²) in [5.41, 5.74) is 2.83. The molecule has 0 fully saturated rings. The number of pyridine rings is 2. The number of hydrogen-bond acceptors (Lipinski definition) is 6. The molecule has 9 heteroatoms. The van der Waals surface area contributed by atoms with Gasteiger partial charge in [0.15, 0.2) is 5.82 Å². The van der Waals surface area contributed by atoms with Gasteiger partial charge in [0, 0.05) is 47.7 Å². The van der Waals surface area contributed by atoms with Crippen molar-refractivity contribution >= 4 is 11.5 Å². The van der Waals surface area contributed by atoms with Gasteiger partial charge in [0.1, 0.15) is 11.6 Å². The Bertz CT molecular complexity index is 1060. The molecule has 4 rings (SSSR count). The van der Waals surface area contributed by atoms with Crippen molar-refractivity contribution in [1.29, 1.82) is 0 Å². The molecule has 0 bridgehead atoms. The zero-order valence-electron chi connectivity index (χ0n) is 15.3. The number of nitrogens with one attached hydrogen (secondary N) is 1. The number of hydrogen-bond donors (Lipinski definition) is 1. The average Bonchev–Trinajstić information content (AvgIpc) is 2.75. The van der Waals surface area contributed by atoms with E-state index in [4.69, 9.17) is 0 Å². The highest BCUT2D eigenvalue weighted by Crippen LogP contribution is 2.28. The molecule has 0 radical (unpaired) electrons. The lowest BCUT2D eigenvalue weighted by molar-refractivity contribution is -0.274. The standard InChI is InChI=1S/C21H14F3N5O/c22-21(23,24)30-17-3-1-16(2-4-17)27-19-13-18(14-5-9-25-10-6-14)28-20(29-19)15-7-11-26-12-8-15/h1-13H,(H,27,28,29). The van der Waals surface area contributed by atoms with Gasteiger partial charge in [0.05, 0.1) is 5.69 Å². The number of halogens is 3. The monoisotopic (exact) mass is 409 g/mol. The molecular weight excluding hydrogens is 395 g/mol. The zero-order valence-corrected chi connectivity index (χ0v) is 15.3. The molecule has 0 amide bonds. The van der Waals surface area contributed by atoms with Crippen LogP contribution in [0.15, 0.2) is 79.4 Å². The molecule has 3 aromatic heterocycles. The van der Waals surface area contributed by atoms with E-state index in [9.17, 15) is 13.2 Å². The first-order chi connectivity index (χ1) is 14.5. The van der Waals surface area contributed by atoms with Crippen LogP contribution in [0.25, 0.3) is 22.6 Å². The van der Waals surface area contributed by atoms with Gasteiger partial charge in [-0.15, -0.1) is 13.2 Å². The summed E-state index contributed by atoms with van der Waals surface area (Å²) in [6.45, 7) is 0. The van der Waals surface area contributed by atoms with Gasteiger partial charge in [0.25, 0.3) is 0 Å². The van der Waals surface area contributed by atoms with Crippen molar-refractivity contribution < 1.29 is 17.9 Å². The topological polar surface area (TPSA) is 72.8 Å². The SMILES string of the molecule is FC(F)(F)Oc1ccc(Nc2cc(-c3ccncc3)nc(-c3ccncc3)n2)cc1. The summed E-state index contributed by atoms with van der Waals surface area (Å²) >= 11 is 0. The van der Waals surface area contributed by atoms with E-state index in [1.165, 1.54) is 24.3 Å². The van der Waals surface area contributed by atoms with Gasteiger partial charge in [-0.1, -0.05) is 0 Å². The molecule has 0 aliphatic carbocycles. The molecule has 1 N–H and O–H groups in total. The average molecular weight is 409 g/mol. The van der Waals surface area contributed by atoms with Gasteiger partial charge in [-0.3, -0.25) is 9.97 Å². The Morgan fingerprint density at radius 1 is 0.733 bits per heavy atom. The van der Waals surface area contributed by atoms with E-state index in [1.807, 2.05) is 12.1 Å². The maximum absolute atomic E-state index is 12.3. The normalized spacial score (nSPS) is 11.2. The van der Waals surface area contributed by atoms with Crippen LogP contribution in [0.2, 0.25) is 0 Å². The second kappa shape index (κ2) is 8.16. The Kier molecular flexibility index (Phi) is 5.25. The molecule has 3 heterocycles. The predicted molar refractivity (Wildman–Crippen MR) is 105 cm³/mol. The van der Waals surface area contributed by atoms with Crippen LogP contribution in [0.1, 0.15) is 0 Å². The Hall–Kier alpha value is -4.01. The molecule has 1 aromatic carbocycles. The Morgan fingerprint density at radius 3 is 1.93 bits per heavy atom. The van der Waals surface area contributed by atoms with E-state index in [0.29, 0.717) is 23.0 Å². The molecule has 0 spiro atoms. The van der Waals surface area contributed by atoms with Crippen molar-refractivity contribution in [2.45, 2.75) is 6.36 Å². The van der Waals surface area contributed by atoms with Crippen molar-refractivity contribution in [3.05, 3.63) is 79.4 Å². The largest absolute Gasteiger partial charge is 0.573 e. The molecular formula is C21H14F3N5O. The molecule has 6 nitrogen and oxygen atoms in total. The Labute approximate surface area is 169 Å². The Morgan fingerprint density at radius 2 is 1.33 bits per heavy atom. The number of nitrogens with zero attached hydrogens (tertiary/aromatic N) is 4. The quantitative estimate of drug-likeness (QED) is 0.486. The number of anilines is 2. The Balaban J connectivity index is 1.67. The van der Waals surface area contributed by atoms with Crippen LogP contribution < -0.4 is 10.1 Å². The van der Waals surface area contributed by atoms with Crippen LogP contribution in [0.5, 0.6) is 5.75 Å². The van der Waals surface area contributed by atoms with Crippen molar-refractivity contribution in [2.75, 3.05) is 5.32 Å². The number of aromatic nitrogens is 4. The van der Waals surface area contributed by atoms with Gasteiger partial charge >= 0.3 is 6.36 Å². The van der Waals surface area contributed by atoms with Crippen molar-refractivity contribution in [2.24, 2.45) is 0 Å². The highest BCUT2D eigenvalue weighted by Gasteiger charge is 2.30. The number of ether oxygens (including phenoxy) is 1. The molecule has 4 aromatic rings. The van der Waals surface area contributed by atoms with Gasteiger partial charge in [-0.25, -0.2) is 9.97 Å². The first-order valence-corrected chi connectivity index (χ1v) is 8.79. The molecule has 30 heavy (non-hydrogen) atoms. The van der Waals surface area contributed by atoms with Crippen LogP contribution in [0.4, 0.5) is 24.7 Å². The summed E-state index contributed by atoms with van der Waals surface area (Å²) in [5, 5.41) is 3.10. The second-order valence-corrected chi connectivity index (χ2v) is 6.13.